The fraction of sp³-hybridized carbons (Fsp3) is 0.667. The Balaban J connectivity index is 0.00000243. The van der Waals surface area contributed by atoms with Crippen LogP contribution < -0.4 is 15.4 Å². The molecule has 2 atom stereocenters. The molecule has 146 valence electrons. The zero-order valence-corrected chi connectivity index (χ0v) is 16.7. The van der Waals surface area contributed by atoms with Gasteiger partial charge in [-0.15, -0.1) is 12.4 Å². The molecular formula is C21H33ClN2O2. The topological polar surface area (TPSA) is 50.4 Å². The van der Waals surface area contributed by atoms with Gasteiger partial charge in [0.2, 0.25) is 5.91 Å². The molecule has 3 rings (SSSR count). The van der Waals surface area contributed by atoms with E-state index in [1.165, 1.54) is 31.2 Å². The molecule has 4 nitrogen and oxygen atoms in total. The summed E-state index contributed by atoms with van der Waals surface area (Å²) in [4.78, 5) is 12.2. The summed E-state index contributed by atoms with van der Waals surface area (Å²) in [5.74, 6) is 1.71. The van der Waals surface area contributed by atoms with Crippen LogP contribution >= 0.6 is 12.4 Å². The van der Waals surface area contributed by atoms with E-state index in [0.29, 0.717) is 31.0 Å². The minimum absolute atomic E-state index is 0. The van der Waals surface area contributed by atoms with Gasteiger partial charge in [-0.1, -0.05) is 25.5 Å². The molecule has 1 aromatic carbocycles. The van der Waals surface area contributed by atoms with Crippen molar-refractivity contribution in [3.63, 3.8) is 0 Å². The number of amides is 1. The number of piperidine rings is 1. The Morgan fingerprint density at radius 1 is 1.19 bits per heavy atom. The van der Waals surface area contributed by atoms with Crippen molar-refractivity contribution in [1.29, 1.82) is 0 Å². The predicted molar refractivity (Wildman–Crippen MR) is 108 cm³/mol. The van der Waals surface area contributed by atoms with Crippen LogP contribution in [0.3, 0.4) is 0 Å². The predicted octanol–water partition coefficient (Wildman–Crippen LogP) is 3.87. The van der Waals surface area contributed by atoms with Gasteiger partial charge in [0.15, 0.2) is 0 Å². The van der Waals surface area contributed by atoms with Crippen LogP contribution in [-0.4, -0.2) is 31.1 Å². The Morgan fingerprint density at radius 2 is 1.88 bits per heavy atom. The zero-order valence-electron chi connectivity index (χ0n) is 15.8. The third-order valence-corrected chi connectivity index (χ3v) is 5.47. The monoisotopic (exact) mass is 380 g/mol. The molecule has 2 heterocycles. The van der Waals surface area contributed by atoms with Crippen molar-refractivity contribution in [2.24, 2.45) is 5.92 Å². The first kappa shape index (κ1) is 21.0. The molecule has 0 radical (unpaired) electrons. The van der Waals surface area contributed by atoms with E-state index in [4.69, 9.17) is 4.74 Å². The van der Waals surface area contributed by atoms with Gasteiger partial charge in [0.1, 0.15) is 5.75 Å². The molecule has 1 amide bonds. The molecule has 0 aliphatic carbocycles. The third-order valence-electron chi connectivity index (χ3n) is 5.47. The summed E-state index contributed by atoms with van der Waals surface area (Å²) in [5.41, 5.74) is 1.24. The van der Waals surface area contributed by atoms with E-state index in [0.717, 1.165) is 31.6 Å². The lowest BCUT2D eigenvalue weighted by Crippen LogP contribution is -2.39. The molecule has 1 aromatic rings. The molecule has 2 saturated heterocycles. The van der Waals surface area contributed by atoms with E-state index < -0.39 is 0 Å². The second kappa shape index (κ2) is 10.8. The van der Waals surface area contributed by atoms with Crippen molar-refractivity contribution in [3.05, 3.63) is 29.8 Å². The fourth-order valence-corrected chi connectivity index (χ4v) is 4.11. The molecule has 2 unspecified atom stereocenters. The minimum Gasteiger partial charge on any atom is -0.494 e. The Labute approximate surface area is 163 Å². The maximum absolute atomic E-state index is 12.2. The Morgan fingerprint density at radius 3 is 2.54 bits per heavy atom. The number of hydrogen-bond acceptors (Lipinski definition) is 3. The first-order valence-electron chi connectivity index (χ1n) is 9.97. The second-order valence-corrected chi connectivity index (χ2v) is 7.63. The molecule has 26 heavy (non-hydrogen) atoms. The number of halogens is 1. The van der Waals surface area contributed by atoms with Crippen LogP contribution in [0.15, 0.2) is 24.3 Å². The number of nitrogens with one attached hydrogen (secondary N) is 2. The van der Waals surface area contributed by atoms with Gasteiger partial charge >= 0.3 is 0 Å². The summed E-state index contributed by atoms with van der Waals surface area (Å²) >= 11 is 0. The molecule has 2 aliphatic rings. The molecule has 0 aromatic heterocycles. The van der Waals surface area contributed by atoms with Gasteiger partial charge < -0.3 is 15.4 Å². The third kappa shape index (κ3) is 6.48. The number of carbonyl (C=O) groups excluding carboxylic acids is 1. The number of ether oxygens (including phenoxy) is 1. The van der Waals surface area contributed by atoms with Crippen molar-refractivity contribution < 1.29 is 9.53 Å². The average Bonchev–Trinajstić information content (AvgIpc) is 2.95. The Hall–Kier alpha value is -1.26. The number of unbranched alkanes of at least 4 members (excludes halogenated alkanes) is 1. The smallest absolute Gasteiger partial charge is 0.220 e. The Kier molecular flexibility index (Phi) is 8.73. The average molecular weight is 381 g/mol. The zero-order chi connectivity index (χ0) is 17.5. The fourth-order valence-electron chi connectivity index (χ4n) is 4.11. The minimum atomic E-state index is 0. The lowest BCUT2D eigenvalue weighted by molar-refractivity contribution is -0.122. The summed E-state index contributed by atoms with van der Waals surface area (Å²) in [6, 6.07) is 9.56. The van der Waals surface area contributed by atoms with Crippen LogP contribution in [0.25, 0.3) is 0 Å². The number of rotatable bonds is 9. The van der Waals surface area contributed by atoms with E-state index >= 15 is 0 Å². The summed E-state index contributed by atoms with van der Waals surface area (Å²) in [6.45, 7) is 3.66. The Bertz CT molecular complexity index is 537. The van der Waals surface area contributed by atoms with Crippen LogP contribution in [0, 0.1) is 5.92 Å². The number of carbonyl (C=O) groups is 1. The molecule has 2 bridgehead atoms. The first-order chi connectivity index (χ1) is 12.2. The summed E-state index contributed by atoms with van der Waals surface area (Å²) in [6.07, 6.45) is 8.73. The lowest BCUT2D eigenvalue weighted by Gasteiger charge is -2.28. The van der Waals surface area contributed by atoms with Crippen molar-refractivity contribution in [2.75, 3.05) is 13.2 Å². The standard InChI is InChI=1S/C21H32N2O2.ClH/c1-2-3-12-25-20-8-4-16(5-9-20)10-11-22-21(24)15-17-13-18-6-7-19(14-17)23-18;/h4-5,8-9,17-19,23H,2-3,6-7,10-15H2,1H3,(H,22,24);1H. The van der Waals surface area contributed by atoms with Crippen molar-refractivity contribution in [1.82, 2.24) is 10.6 Å². The van der Waals surface area contributed by atoms with Gasteiger partial charge in [0, 0.05) is 25.0 Å². The number of benzene rings is 1. The van der Waals surface area contributed by atoms with Crippen molar-refractivity contribution in [2.45, 2.75) is 70.4 Å². The lowest BCUT2D eigenvalue weighted by atomic mass is 9.89. The molecule has 2 aliphatic heterocycles. The van der Waals surface area contributed by atoms with Crippen LogP contribution in [-0.2, 0) is 11.2 Å². The van der Waals surface area contributed by atoms with E-state index in [2.05, 4.69) is 29.7 Å². The van der Waals surface area contributed by atoms with Gasteiger partial charge in [-0.2, -0.15) is 0 Å². The maximum Gasteiger partial charge on any atom is 0.220 e. The van der Waals surface area contributed by atoms with Gasteiger partial charge in [0.05, 0.1) is 6.61 Å². The molecule has 5 heteroatoms. The van der Waals surface area contributed by atoms with Gasteiger partial charge in [-0.05, 0) is 62.1 Å². The molecular weight excluding hydrogens is 348 g/mol. The molecule has 0 saturated carbocycles. The van der Waals surface area contributed by atoms with Gasteiger partial charge in [-0.3, -0.25) is 4.79 Å². The quantitative estimate of drug-likeness (QED) is 0.639. The van der Waals surface area contributed by atoms with Crippen molar-refractivity contribution >= 4 is 18.3 Å². The maximum atomic E-state index is 12.2. The largest absolute Gasteiger partial charge is 0.494 e. The van der Waals surface area contributed by atoms with Crippen molar-refractivity contribution in [3.8, 4) is 5.75 Å². The van der Waals surface area contributed by atoms with Crippen LogP contribution in [0.2, 0.25) is 0 Å². The SMILES string of the molecule is CCCCOc1ccc(CCNC(=O)CC2CC3CCC(C2)N3)cc1.Cl. The van der Waals surface area contributed by atoms with Crippen LogP contribution in [0.4, 0.5) is 0 Å². The van der Waals surface area contributed by atoms with E-state index in [1.54, 1.807) is 0 Å². The highest BCUT2D eigenvalue weighted by Crippen LogP contribution is 2.32. The second-order valence-electron chi connectivity index (χ2n) is 7.63. The highest BCUT2D eigenvalue weighted by molar-refractivity contribution is 5.85. The number of fused-ring (bicyclic) bond motifs is 2. The highest BCUT2D eigenvalue weighted by Gasteiger charge is 2.33. The number of hydrogen-bond donors (Lipinski definition) is 2. The normalized spacial score (nSPS) is 24.0. The van der Waals surface area contributed by atoms with E-state index in [-0.39, 0.29) is 18.3 Å². The molecule has 2 fully saturated rings. The molecule has 0 spiro atoms. The van der Waals surface area contributed by atoms with E-state index in [9.17, 15) is 4.79 Å². The van der Waals surface area contributed by atoms with E-state index in [1.807, 2.05) is 12.1 Å². The molecule has 2 N–H and O–H groups in total. The van der Waals surface area contributed by atoms with Gasteiger partial charge in [-0.25, -0.2) is 0 Å². The summed E-state index contributed by atoms with van der Waals surface area (Å²) < 4.78 is 5.68. The van der Waals surface area contributed by atoms with Gasteiger partial charge in [0.25, 0.3) is 0 Å². The van der Waals surface area contributed by atoms with Crippen LogP contribution in [0.5, 0.6) is 5.75 Å². The highest BCUT2D eigenvalue weighted by atomic mass is 35.5. The summed E-state index contributed by atoms with van der Waals surface area (Å²) in [7, 11) is 0. The summed E-state index contributed by atoms with van der Waals surface area (Å²) in [5, 5.41) is 6.73. The first-order valence-corrected chi connectivity index (χ1v) is 9.97. The van der Waals surface area contributed by atoms with Crippen LogP contribution in [0.1, 0.15) is 57.4 Å².